The van der Waals surface area contributed by atoms with E-state index in [1.54, 1.807) is 17.0 Å². The molecule has 0 aliphatic carbocycles. The Morgan fingerprint density at radius 2 is 2.09 bits per heavy atom. The van der Waals surface area contributed by atoms with E-state index in [0.29, 0.717) is 42.5 Å². The van der Waals surface area contributed by atoms with Crippen LogP contribution in [0.3, 0.4) is 0 Å². The molecule has 3 N–H and O–H groups in total. The van der Waals surface area contributed by atoms with Crippen molar-refractivity contribution in [2.75, 3.05) is 13.1 Å². The first-order valence-electron chi connectivity index (χ1n) is 11.0. The molecule has 2 heterocycles. The molecule has 8 heteroatoms. The number of carbonyl (C=O) groups is 1. The number of benzene rings is 2. The van der Waals surface area contributed by atoms with Crippen LogP contribution >= 0.6 is 0 Å². The predicted octanol–water partition coefficient (Wildman–Crippen LogP) is 4.24. The van der Waals surface area contributed by atoms with Crippen LogP contribution in [-0.2, 0) is 11.3 Å². The molecule has 3 aromatic rings. The number of carboxylic acid groups (broad SMARTS) is 1. The number of rotatable bonds is 6. The van der Waals surface area contributed by atoms with Gasteiger partial charge in [-0.3, -0.25) is 4.79 Å². The smallest absolute Gasteiger partial charge is 0.308 e. The number of nitrogens with zero attached hydrogens (tertiary/aromatic N) is 3. The zero-order valence-corrected chi connectivity index (χ0v) is 18.4. The summed E-state index contributed by atoms with van der Waals surface area (Å²) in [5, 5.41) is 13.4. The van der Waals surface area contributed by atoms with Crippen LogP contribution in [0.15, 0.2) is 64.1 Å². The van der Waals surface area contributed by atoms with Crippen molar-refractivity contribution in [2.45, 2.75) is 32.2 Å². The first-order valence-corrected chi connectivity index (χ1v) is 11.0. The molecule has 1 aliphatic rings. The third kappa shape index (κ3) is 5.22. The fraction of sp³-hybridized carbons (Fsp3) is 0.320. The quantitative estimate of drug-likeness (QED) is 0.430. The lowest BCUT2D eigenvalue weighted by atomic mass is 9.94. The van der Waals surface area contributed by atoms with Crippen molar-refractivity contribution in [3.05, 3.63) is 77.4 Å². The second-order valence-corrected chi connectivity index (χ2v) is 8.34. The summed E-state index contributed by atoms with van der Waals surface area (Å²) in [5.74, 6) is -0.860. The third-order valence-corrected chi connectivity index (χ3v) is 6.09. The topological polar surface area (TPSA) is 105 Å². The van der Waals surface area contributed by atoms with E-state index in [1.807, 2.05) is 43.3 Å². The summed E-state index contributed by atoms with van der Waals surface area (Å²) in [6.07, 6.45) is 1.41. The van der Waals surface area contributed by atoms with Gasteiger partial charge in [0.2, 0.25) is 0 Å². The minimum absolute atomic E-state index is 0.165. The van der Waals surface area contributed by atoms with Gasteiger partial charge in [-0.2, -0.15) is 0 Å². The Hall–Kier alpha value is -3.68. The highest BCUT2D eigenvalue weighted by atomic mass is 19.1. The lowest BCUT2D eigenvalue weighted by Crippen LogP contribution is -2.45. The number of carboxylic acids is 1. The van der Waals surface area contributed by atoms with Crippen molar-refractivity contribution in [1.82, 2.24) is 10.1 Å². The molecule has 7 nitrogen and oxygen atoms in total. The van der Waals surface area contributed by atoms with E-state index in [4.69, 9.17) is 10.3 Å². The van der Waals surface area contributed by atoms with Gasteiger partial charge in [-0.15, -0.1) is 0 Å². The summed E-state index contributed by atoms with van der Waals surface area (Å²) in [4.78, 5) is 17.4. The number of halogens is 1. The average molecular weight is 451 g/mol. The van der Waals surface area contributed by atoms with Crippen LogP contribution in [0.5, 0.6) is 0 Å². The van der Waals surface area contributed by atoms with E-state index in [9.17, 15) is 14.3 Å². The number of aliphatic carboxylic acids is 1. The number of hydrogen-bond acceptors (Lipinski definition) is 4. The van der Waals surface area contributed by atoms with Gasteiger partial charge in [0.05, 0.1) is 11.6 Å². The zero-order chi connectivity index (χ0) is 23.4. The first-order chi connectivity index (χ1) is 15.9. The Balaban J connectivity index is 1.42. The summed E-state index contributed by atoms with van der Waals surface area (Å²) in [6, 6.07) is 16.4. The normalized spacial score (nSPS) is 17.7. The Labute approximate surface area is 191 Å². The molecule has 1 aromatic heterocycles. The van der Waals surface area contributed by atoms with Gasteiger partial charge in [0, 0.05) is 30.6 Å². The molecule has 4 rings (SSSR count). The van der Waals surface area contributed by atoms with Gasteiger partial charge in [0.1, 0.15) is 12.4 Å². The van der Waals surface area contributed by atoms with Crippen molar-refractivity contribution in [2.24, 2.45) is 16.6 Å². The highest BCUT2D eigenvalue weighted by Crippen LogP contribution is 2.29. The molecule has 2 aromatic carbocycles. The van der Waals surface area contributed by atoms with E-state index < -0.39 is 11.9 Å². The predicted molar refractivity (Wildman–Crippen MR) is 123 cm³/mol. The van der Waals surface area contributed by atoms with Crippen LogP contribution < -0.4 is 5.73 Å². The molecular weight excluding hydrogens is 423 g/mol. The monoisotopic (exact) mass is 450 g/mol. The van der Waals surface area contributed by atoms with Gasteiger partial charge in [0.15, 0.2) is 11.7 Å². The van der Waals surface area contributed by atoms with Gasteiger partial charge in [-0.1, -0.05) is 54.5 Å². The van der Waals surface area contributed by atoms with Gasteiger partial charge in [-0.25, -0.2) is 9.38 Å². The second kappa shape index (κ2) is 9.85. The van der Waals surface area contributed by atoms with Gasteiger partial charge in [-0.05, 0) is 30.0 Å². The number of nitrogens with two attached hydrogens (primary N) is 1. The molecule has 1 saturated heterocycles. The molecule has 2 atom stereocenters. The van der Waals surface area contributed by atoms with Crippen LogP contribution in [0.1, 0.15) is 42.7 Å². The van der Waals surface area contributed by atoms with Crippen molar-refractivity contribution in [3.63, 3.8) is 0 Å². The molecule has 0 bridgehead atoms. The van der Waals surface area contributed by atoms with Crippen LogP contribution in [0, 0.1) is 11.7 Å². The maximum atomic E-state index is 14.8. The van der Waals surface area contributed by atoms with Crippen molar-refractivity contribution in [3.8, 4) is 11.1 Å². The fourth-order valence-corrected chi connectivity index (χ4v) is 4.08. The average Bonchev–Trinajstić information content (AvgIpc) is 3.31. The molecule has 1 aliphatic heterocycles. The Bertz CT molecular complexity index is 1150. The molecule has 1 fully saturated rings. The highest BCUT2D eigenvalue weighted by Gasteiger charge is 2.26. The van der Waals surface area contributed by atoms with E-state index in [1.165, 1.54) is 6.07 Å². The molecule has 0 saturated carbocycles. The van der Waals surface area contributed by atoms with Crippen molar-refractivity contribution in [1.29, 1.82) is 0 Å². The van der Waals surface area contributed by atoms with Crippen LogP contribution in [-0.4, -0.2) is 40.2 Å². The Morgan fingerprint density at radius 3 is 2.82 bits per heavy atom. The summed E-state index contributed by atoms with van der Waals surface area (Å²) in [5.41, 5.74) is 8.93. The number of aliphatic imine (C=N–C) groups is 1. The third-order valence-electron chi connectivity index (χ3n) is 6.09. The number of likely N-dealkylation sites (tertiary alicyclic amines) is 1. The zero-order valence-electron chi connectivity index (χ0n) is 18.4. The first kappa shape index (κ1) is 22.5. The molecule has 172 valence electrons. The fourth-order valence-electron chi connectivity index (χ4n) is 4.08. The summed E-state index contributed by atoms with van der Waals surface area (Å²) < 4.78 is 20.2. The van der Waals surface area contributed by atoms with E-state index in [0.717, 1.165) is 17.5 Å². The molecule has 0 spiro atoms. The summed E-state index contributed by atoms with van der Waals surface area (Å²) in [7, 11) is 0. The largest absolute Gasteiger partial charge is 0.481 e. The number of aromatic nitrogens is 1. The maximum Gasteiger partial charge on any atom is 0.308 e. The summed E-state index contributed by atoms with van der Waals surface area (Å²) >= 11 is 0. The maximum absolute atomic E-state index is 14.8. The Morgan fingerprint density at radius 1 is 1.30 bits per heavy atom. The van der Waals surface area contributed by atoms with Crippen molar-refractivity contribution < 1.29 is 18.8 Å². The van der Waals surface area contributed by atoms with Crippen LogP contribution in [0.4, 0.5) is 4.39 Å². The lowest BCUT2D eigenvalue weighted by Gasteiger charge is -2.31. The molecule has 0 radical (unpaired) electrons. The minimum Gasteiger partial charge on any atom is -0.481 e. The van der Waals surface area contributed by atoms with Gasteiger partial charge < -0.3 is 20.3 Å². The van der Waals surface area contributed by atoms with E-state index in [2.05, 4.69) is 10.1 Å². The number of guanidine groups is 1. The highest BCUT2D eigenvalue weighted by molar-refractivity contribution is 5.79. The van der Waals surface area contributed by atoms with Crippen LogP contribution in [0.25, 0.3) is 11.1 Å². The Kier molecular flexibility index (Phi) is 6.72. The van der Waals surface area contributed by atoms with E-state index in [-0.39, 0.29) is 18.3 Å². The van der Waals surface area contributed by atoms with E-state index >= 15 is 0 Å². The lowest BCUT2D eigenvalue weighted by molar-refractivity contribution is -0.143. The van der Waals surface area contributed by atoms with Crippen molar-refractivity contribution >= 4 is 11.9 Å². The number of piperidine rings is 1. The standard InChI is InChI=1S/C25H27FN4O3/c1-16(18-9-10-21(22(26)12-18)17-6-3-2-4-7-17)23-13-20(33-29-23)14-28-25(27)30-11-5-8-19(15-30)24(31)32/h2-4,6-7,9-10,12-13,16,19H,5,8,11,14-15H2,1H3,(H2,27,28)(H,31,32). The molecule has 33 heavy (non-hydrogen) atoms. The second-order valence-electron chi connectivity index (χ2n) is 8.34. The van der Waals surface area contributed by atoms with Gasteiger partial charge >= 0.3 is 5.97 Å². The summed E-state index contributed by atoms with van der Waals surface area (Å²) in [6.45, 7) is 3.17. The minimum atomic E-state index is -0.811. The molecular formula is C25H27FN4O3. The number of hydrogen-bond donors (Lipinski definition) is 2. The molecule has 0 amide bonds. The SMILES string of the molecule is CC(c1ccc(-c2ccccc2)c(F)c1)c1cc(C/N=C(\N)N2CCCC(C(=O)O)C2)on1. The van der Waals surface area contributed by atoms with Crippen LogP contribution in [0.2, 0.25) is 0 Å². The molecule has 2 unspecified atom stereocenters. The van der Waals surface area contributed by atoms with Gasteiger partial charge in [0.25, 0.3) is 0 Å².